The van der Waals surface area contributed by atoms with Crippen LogP contribution in [0.1, 0.15) is 22.6 Å². The lowest BCUT2D eigenvalue weighted by Gasteiger charge is -2.20. The molecular formula is C14H12N2S. The highest BCUT2D eigenvalue weighted by Crippen LogP contribution is 2.41. The van der Waals surface area contributed by atoms with Gasteiger partial charge in [-0.05, 0) is 24.0 Å². The largest absolute Gasteiger partial charge is 0.250 e. The second-order valence-corrected chi connectivity index (χ2v) is 5.43. The van der Waals surface area contributed by atoms with Crippen molar-refractivity contribution in [1.29, 1.82) is 5.26 Å². The second-order valence-electron chi connectivity index (χ2n) is 4.45. The average Bonchev–Trinajstić information content (AvgIpc) is 2.99. The Labute approximate surface area is 105 Å². The maximum Gasteiger partial charge on any atom is 0.0944 e. The Morgan fingerprint density at radius 3 is 3.06 bits per heavy atom. The van der Waals surface area contributed by atoms with Crippen LogP contribution in [0.4, 0.5) is 0 Å². The quantitative estimate of drug-likeness (QED) is 0.808. The molecule has 1 aromatic heterocycles. The van der Waals surface area contributed by atoms with E-state index < -0.39 is 0 Å². The van der Waals surface area contributed by atoms with E-state index in [-0.39, 0.29) is 5.41 Å². The van der Waals surface area contributed by atoms with Crippen LogP contribution in [-0.4, -0.2) is 4.98 Å². The average molecular weight is 240 g/mol. The zero-order chi connectivity index (χ0) is 11.7. The van der Waals surface area contributed by atoms with Crippen molar-refractivity contribution in [3.8, 4) is 6.07 Å². The summed E-state index contributed by atoms with van der Waals surface area (Å²) >= 11 is 1.64. The Morgan fingerprint density at radius 1 is 1.41 bits per heavy atom. The van der Waals surface area contributed by atoms with Gasteiger partial charge in [0.1, 0.15) is 0 Å². The molecule has 1 atom stereocenters. The van der Waals surface area contributed by atoms with E-state index in [1.54, 1.807) is 11.3 Å². The number of hydrogen-bond acceptors (Lipinski definition) is 3. The summed E-state index contributed by atoms with van der Waals surface area (Å²) in [4.78, 5) is 4.31. The summed E-state index contributed by atoms with van der Waals surface area (Å²) < 4.78 is 0. The highest BCUT2D eigenvalue weighted by molar-refractivity contribution is 7.09. The van der Waals surface area contributed by atoms with Crippen molar-refractivity contribution in [2.45, 2.75) is 24.7 Å². The van der Waals surface area contributed by atoms with Crippen molar-refractivity contribution in [2.24, 2.45) is 0 Å². The first-order valence-electron chi connectivity index (χ1n) is 5.72. The molecule has 3 rings (SSSR count). The molecule has 0 bridgehead atoms. The lowest BCUT2D eigenvalue weighted by Crippen LogP contribution is -2.23. The van der Waals surface area contributed by atoms with Gasteiger partial charge in [-0.15, -0.1) is 11.3 Å². The Kier molecular flexibility index (Phi) is 2.45. The minimum atomic E-state index is -0.353. The predicted molar refractivity (Wildman–Crippen MR) is 67.9 cm³/mol. The zero-order valence-electron chi connectivity index (χ0n) is 9.39. The van der Waals surface area contributed by atoms with Gasteiger partial charge in [0.05, 0.1) is 16.5 Å². The van der Waals surface area contributed by atoms with Crippen molar-refractivity contribution >= 4 is 11.3 Å². The van der Waals surface area contributed by atoms with Crippen LogP contribution in [0.3, 0.4) is 0 Å². The van der Waals surface area contributed by atoms with Gasteiger partial charge in [-0.3, -0.25) is 0 Å². The topological polar surface area (TPSA) is 36.7 Å². The van der Waals surface area contributed by atoms with Crippen molar-refractivity contribution < 1.29 is 0 Å². The molecule has 0 amide bonds. The van der Waals surface area contributed by atoms with Gasteiger partial charge < -0.3 is 0 Å². The number of fused-ring (bicyclic) bond motifs is 1. The molecule has 2 aromatic rings. The summed E-state index contributed by atoms with van der Waals surface area (Å²) in [7, 11) is 0. The molecule has 1 aliphatic carbocycles. The van der Waals surface area contributed by atoms with Gasteiger partial charge in [0.15, 0.2) is 0 Å². The standard InChI is InChI=1S/C14H12N2S/c15-10-14(9-13-16-7-8-17-13)6-5-11-3-1-2-4-12(11)14/h1-4,7-8H,5-6,9H2. The van der Waals surface area contributed by atoms with Crippen molar-refractivity contribution in [1.82, 2.24) is 4.98 Å². The van der Waals surface area contributed by atoms with E-state index in [0.29, 0.717) is 0 Å². The second kappa shape index (κ2) is 3.97. The van der Waals surface area contributed by atoms with E-state index in [1.807, 2.05) is 17.6 Å². The fraction of sp³-hybridized carbons (Fsp3) is 0.286. The van der Waals surface area contributed by atoms with Gasteiger partial charge in [-0.1, -0.05) is 24.3 Å². The van der Waals surface area contributed by atoms with Gasteiger partial charge in [-0.25, -0.2) is 4.98 Å². The Hall–Kier alpha value is -1.66. The molecule has 0 N–H and O–H groups in total. The molecule has 1 unspecified atom stereocenters. The first-order chi connectivity index (χ1) is 8.34. The van der Waals surface area contributed by atoms with E-state index in [4.69, 9.17) is 0 Å². The molecule has 0 saturated heterocycles. The van der Waals surface area contributed by atoms with Crippen molar-refractivity contribution in [3.63, 3.8) is 0 Å². The molecule has 0 saturated carbocycles. The molecule has 1 aliphatic rings. The summed E-state index contributed by atoms with van der Waals surface area (Å²) in [5.41, 5.74) is 2.18. The van der Waals surface area contributed by atoms with E-state index in [1.165, 1.54) is 11.1 Å². The fourth-order valence-corrected chi connectivity index (χ4v) is 3.36. The minimum Gasteiger partial charge on any atom is -0.250 e. The number of aromatic nitrogens is 1. The monoisotopic (exact) mass is 240 g/mol. The summed E-state index contributed by atoms with van der Waals surface area (Å²) in [6, 6.07) is 10.8. The summed E-state index contributed by atoms with van der Waals surface area (Å²) in [5, 5.41) is 12.6. The van der Waals surface area contributed by atoms with Gasteiger partial charge in [0.25, 0.3) is 0 Å². The van der Waals surface area contributed by atoms with Crippen LogP contribution in [0.25, 0.3) is 0 Å². The molecule has 3 heteroatoms. The van der Waals surface area contributed by atoms with Gasteiger partial charge in [0, 0.05) is 18.0 Å². The Bertz CT molecular complexity index is 568. The van der Waals surface area contributed by atoms with Crippen molar-refractivity contribution in [3.05, 3.63) is 52.0 Å². The molecular weight excluding hydrogens is 228 g/mol. The summed E-state index contributed by atoms with van der Waals surface area (Å²) in [5.74, 6) is 0. The van der Waals surface area contributed by atoms with Crippen LogP contribution in [0.2, 0.25) is 0 Å². The van der Waals surface area contributed by atoms with E-state index in [0.717, 1.165) is 24.3 Å². The molecule has 1 heterocycles. The number of nitriles is 1. The molecule has 0 fully saturated rings. The number of nitrogens with zero attached hydrogens (tertiary/aromatic N) is 2. The summed E-state index contributed by atoms with van der Waals surface area (Å²) in [6.07, 6.45) is 4.49. The maximum absolute atomic E-state index is 9.59. The number of thiazole rings is 1. The highest BCUT2D eigenvalue weighted by Gasteiger charge is 2.39. The fourth-order valence-electron chi connectivity index (χ4n) is 2.63. The lowest BCUT2D eigenvalue weighted by atomic mass is 9.80. The predicted octanol–water partition coefficient (Wildman–Crippen LogP) is 3.09. The van der Waals surface area contributed by atoms with Crippen LogP contribution in [0.15, 0.2) is 35.8 Å². The molecule has 1 aromatic carbocycles. The van der Waals surface area contributed by atoms with Crippen LogP contribution >= 0.6 is 11.3 Å². The number of aryl methyl sites for hydroxylation is 1. The normalized spacial score (nSPS) is 22.1. The number of rotatable bonds is 2. The minimum absolute atomic E-state index is 0.353. The zero-order valence-corrected chi connectivity index (χ0v) is 10.2. The van der Waals surface area contributed by atoms with Gasteiger partial charge in [-0.2, -0.15) is 5.26 Å². The van der Waals surface area contributed by atoms with Crippen LogP contribution in [0, 0.1) is 11.3 Å². The van der Waals surface area contributed by atoms with Crippen LogP contribution in [-0.2, 0) is 18.3 Å². The maximum atomic E-state index is 9.59. The molecule has 0 radical (unpaired) electrons. The van der Waals surface area contributed by atoms with E-state index >= 15 is 0 Å². The van der Waals surface area contributed by atoms with Gasteiger partial charge >= 0.3 is 0 Å². The van der Waals surface area contributed by atoms with Crippen LogP contribution < -0.4 is 0 Å². The molecule has 84 valence electrons. The summed E-state index contributed by atoms with van der Waals surface area (Å²) in [6.45, 7) is 0. The molecule has 0 aliphatic heterocycles. The SMILES string of the molecule is N#CC1(Cc2nccs2)CCc2ccccc21. The third kappa shape index (κ3) is 1.65. The highest BCUT2D eigenvalue weighted by atomic mass is 32.1. The van der Waals surface area contributed by atoms with Gasteiger partial charge in [0.2, 0.25) is 0 Å². The smallest absolute Gasteiger partial charge is 0.0944 e. The van der Waals surface area contributed by atoms with E-state index in [9.17, 15) is 5.26 Å². The third-order valence-corrected chi connectivity index (χ3v) is 4.28. The molecule has 0 spiro atoms. The number of hydrogen-bond donors (Lipinski definition) is 0. The first-order valence-corrected chi connectivity index (χ1v) is 6.60. The molecule has 2 nitrogen and oxygen atoms in total. The first kappa shape index (κ1) is 10.5. The van der Waals surface area contributed by atoms with Crippen LogP contribution in [0.5, 0.6) is 0 Å². The number of benzene rings is 1. The lowest BCUT2D eigenvalue weighted by molar-refractivity contribution is 0.539. The molecule has 17 heavy (non-hydrogen) atoms. The Morgan fingerprint density at radius 2 is 2.29 bits per heavy atom. The van der Waals surface area contributed by atoms with E-state index in [2.05, 4.69) is 29.3 Å². The third-order valence-electron chi connectivity index (χ3n) is 3.50. The Balaban J connectivity index is 2.03. The van der Waals surface area contributed by atoms with Crippen molar-refractivity contribution in [2.75, 3.05) is 0 Å².